The Kier molecular flexibility index (Phi) is 4.21. The highest BCUT2D eigenvalue weighted by Crippen LogP contribution is 2.34. The molecule has 1 unspecified atom stereocenters. The van der Waals surface area contributed by atoms with E-state index in [-0.39, 0.29) is 30.7 Å². The molecular formula is C16H17F2N3O3. The van der Waals surface area contributed by atoms with Crippen LogP contribution in [-0.2, 0) is 14.4 Å². The summed E-state index contributed by atoms with van der Waals surface area (Å²) in [5.74, 6) is -4.04. The Morgan fingerprint density at radius 3 is 2.42 bits per heavy atom. The number of imide groups is 1. The fourth-order valence-electron chi connectivity index (χ4n) is 3.25. The molecule has 0 aromatic heterocycles. The maximum absolute atomic E-state index is 14.4. The summed E-state index contributed by atoms with van der Waals surface area (Å²) in [6, 6.07) is 2.37. The van der Waals surface area contributed by atoms with Gasteiger partial charge in [0.25, 0.3) is 0 Å². The zero-order chi connectivity index (χ0) is 17.4. The lowest BCUT2D eigenvalue weighted by Crippen LogP contribution is -2.48. The van der Waals surface area contributed by atoms with Crippen molar-refractivity contribution in [2.45, 2.75) is 25.2 Å². The lowest BCUT2D eigenvalue weighted by atomic mass is 9.89. The fraction of sp³-hybridized carbons (Fsp3) is 0.438. The third-order valence-electron chi connectivity index (χ3n) is 4.46. The Bertz CT molecular complexity index is 694. The van der Waals surface area contributed by atoms with E-state index in [1.807, 2.05) is 0 Å². The molecule has 3 rings (SSSR count). The normalized spacial score (nSPS) is 21.4. The van der Waals surface area contributed by atoms with Gasteiger partial charge in [-0.3, -0.25) is 19.7 Å². The zero-order valence-electron chi connectivity index (χ0n) is 12.9. The Morgan fingerprint density at radius 1 is 1.25 bits per heavy atom. The van der Waals surface area contributed by atoms with Gasteiger partial charge >= 0.3 is 0 Å². The summed E-state index contributed by atoms with van der Waals surface area (Å²) >= 11 is 0. The van der Waals surface area contributed by atoms with Crippen molar-refractivity contribution >= 4 is 23.4 Å². The standard InChI is InChI=1S/C16H17F2N3O3/c17-11-4-9(21-6-8(7-21)3-13(19)22)5-12(18)15(11)10-1-2-14(23)20-16(10)24/h4-5,8,10H,1-3,6-7H2,(H2,19,22)(H,20,23,24). The predicted octanol–water partition coefficient (Wildman–Crippen LogP) is 0.797. The molecule has 2 saturated heterocycles. The van der Waals surface area contributed by atoms with Crippen molar-refractivity contribution in [2.24, 2.45) is 11.7 Å². The molecular weight excluding hydrogens is 320 g/mol. The van der Waals surface area contributed by atoms with Crippen LogP contribution in [0.1, 0.15) is 30.7 Å². The summed E-state index contributed by atoms with van der Waals surface area (Å²) in [4.78, 5) is 35.6. The molecule has 1 aromatic rings. The molecule has 0 saturated carbocycles. The number of hydrogen-bond donors (Lipinski definition) is 2. The fourth-order valence-corrected chi connectivity index (χ4v) is 3.25. The van der Waals surface area contributed by atoms with E-state index in [4.69, 9.17) is 5.73 Å². The minimum absolute atomic E-state index is 0.0535. The molecule has 2 aliphatic rings. The van der Waals surface area contributed by atoms with Crippen molar-refractivity contribution in [3.05, 3.63) is 29.3 Å². The SMILES string of the molecule is NC(=O)CC1CN(c2cc(F)c(C3CCC(=O)NC3=O)c(F)c2)C1. The van der Waals surface area contributed by atoms with Crippen molar-refractivity contribution in [3.63, 3.8) is 0 Å². The second kappa shape index (κ2) is 6.18. The van der Waals surface area contributed by atoms with Crippen LogP contribution in [0.4, 0.5) is 14.5 Å². The van der Waals surface area contributed by atoms with Gasteiger partial charge < -0.3 is 10.6 Å². The highest BCUT2D eigenvalue weighted by Gasteiger charge is 2.34. The van der Waals surface area contributed by atoms with Crippen LogP contribution in [0.5, 0.6) is 0 Å². The minimum atomic E-state index is -1.00. The molecule has 1 aromatic carbocycles. The summed E-state index contributed by atoms with van der Waals surface area (Å²) < 4.78 is 28.8. The number of hydrogen-bond acceptors (Lipinski definition) is 4. The number of rotatable bonds is 4. The molecule has 6 nitrogen and oxygen atoms in total. The number of halogens is 2. The van der Waals surface area contributed by atoms with Crippen LogP contribution in [0.3, 0.4) is 0 Å². The minimum Gasteiger partial charge on any atom is -0.371 e. The number of nitrogens with zero attached hydrogens (tertiary/aromatic N) is 1. The molecule has 3 N–H and O–H groups in total. The highest BCUT2D eigenvalue weighted by atomic mass is 19.1. The molecule has 0 bridgehead atoms. The van der Waals surface area contributed by atoms with Gasteiger partial charge in [0.1, 0.15) is 11.6 Å². The van der Waals surface area contributed by atoms with Gasteiger partial charge in [-0.05, 0) is 18.6 Å². The molecule has 0 spiro atoms. The number of benzene rings is 1. The lowest BCUT2D eigenvalue weighted by molar-refractivity contribution is -0.134. The van der Waals surface area contributed by atoms with Gasteiger partial charge in [0, 0.05) is 43.1 Å². The van der Waals surface area contributed by atoms with Crippen LogP contribution in [0.2, 0.25) is 0 Å². The van der Waals surface area contributed by atoms with Gasteiger partial charge in [-0.15, -0.1) is 0 Å². The van der Waals surface area contributed by atoms with Gasteiger partial charge in [-0.1, -0.05) is 0 Å². The number of nitrogens with one attached hydrogen (secondary N) is 1. The van der Waals surface area contributed by atoms with Gasteiger partial charge in [0.05, 0.1) is 5.92 Å². The van der Waals surface area contributed by atoms with Gasteiger partial charge in [-0.2, -0.15) is 0 Å². The number of piperidine rings is 1. The van der Waals surface area contributed by atoms with E-state index < -0.39 is 35.3 Å². The highest BCUT2D eigenvalue weighted by molar-refractivity contribution is 6.01. The molecule has 2 aliphatic heterocycles. The van der Waals surface area contributed by atoms with Gasteiger partial charge in [-0.25, -0.2) is 8.78 Å². The number of amides is 3. The van der Waals surface area contributed by atoms with Crippen molar-refractivity contribution in [3.8, 4) is 0 Å². The second-order valence-electron chi connectivity index (χ2n) is 6.27. The Hall–Kier alpha value is -2.51. The smallest absolute Gasteiger partial charge is 0.234 e. The van der Waals surface area contributed by atoms with Crippen molar-refractivity contribution in [2.75, 3.05) is 18.0 Å². The van der Waals surface area contributed by atoms with Crippen LogP contribution >= 0.6 is 0 Å². The molecule has 1 atom stereocenters. The van der Waals surface area contributed by atoms with E-state index in [1.54, 1.807) is 4.90 Å². The topological polar surface area (TPSA) is 92.5 Å². The van der Waals surface area contributed by atoms with Crippen molar-refractivity contribution < 1.29 is 23.2 Å². The largest absolute Gasteiger partial charge is 0.371 e. The van der Waals surface area contributed by atoms with E-state index in [0.717, 1.165) is 0 Å². The van der Waals surface area contributed by atoms with Crippen LogP contribution in [0.15, 0.2) is 12.1 Å². The monoisotopic (exact) mass is 337 g/mol. The Balaban J connectivity index is 1.76. The first-order valence-corrected chi connectivity index (χ1v) is 7.71. The van der Waals surface area contributed by atoms with Crippen LogP contribution in [0, 0.1) is 17.6 Å². The molecule has 3 amide bonds. The molecule has 24 heavy (non-hydrogen) atoms. The van der Waals surface area contributed by atoms with E-state index >= 15 is 0 Å². The Labute approximate surface area is 137 Å². The summed E-state index contributed by atoms with van der Waals surface area (Å²) in [5, 5.41) is 2.10. The first-order chi connectivity index (χ1) is 11.3. The molecule has 2 fully saturated rings. The zero-order valence-corrected chi connectivity index (χ0v) is 12.9. The number of primary amides is 1. The third-order valence-corrected chi connectivity index (χ3v) is 4.46. The number of carbonyl (C=O) groups excluding carboxylic acids is 3. The molecule has 2 heterocycles. The van der Waals surface area contributed by atoms with Crippen LogP contribution in [-0.4, -0.2) is 30.8 Å². The van der Waals surface area contributed by atoms with E-state index in [9.17, 15) is 23.2 Å². The van der Waals surface area contributed by atoms with Gasteiger partial charge in [0.2, 0.25) is 17.7 Å². The number of anilines is 1. The summed E-state index contributed by atoms with van der Waals surface area (Å²) in [6.45, 7) is 0.999. The van der Waals surface area contributed by atoms with E-state index in [1.165, 1.54) is 12.1 Å². The van der Waals surface area contributed by atoms with E-state index in [2.05, 4.69) is 5.32 Å². The maximum Gasteiger partial charge on any atom is 0.234 e. The third kappa shape index (κ3) is 3.08. The second-order valence-corrected chi connectivity index (χ2v) is 6.27. The lowest BCUT2D eigenvalue weighted by Gasteiger charge is -2.40. The Morgan fingerprint density at radius 2 is 1.88 bits per heavy atom. The summed E-state index contributed by atoms with van der Waals surface area (Å²) in [5.41, 5.74) is 5.18. The van der Waals surface area contributed by atoms with Crippen LogP contribution in [0.25, 0.3) is 0 Å². The first-order valence-electron chi connectivity index (χ1n) is 7.71. The number of carbonyl (C=O) groups is 3. The maximum atomic E-state index is 14.4. The molecule has 0 aliphatic carbocycles. The molecule has 0 radical (unpaired) electrons. The molecule has 128 valence electrons. The van der Waals surface area contributed by atoms with Crippen molar-refractivity contribution in [1.82, 2.24) is 5.32 Å². The number of nitrogens with two attached hydrogens (primary N) is 1. The van der Waals surface area contributed by atoms with Gasteiger partial charge in [0.15, 0.2) is 0 Å². The summed E-state index contributed by atoms with van der Waals surface area (Å²) in [6.07, 6.45) is 0.385. The average molecular weight is 337 g/mol. The molecule has 8 heteroatoms. The summed E-state index contributed by atoms with van der Waals surface area (Å²) in [7, 11) is 0. The quantitative estimate of drug-likeness (QED) is 0.795. The van der Waals surface area contributed by atoms with Crippen molar-refractivity contribution in [1.29, 1.82) is 0 Å². The predicted molar refractivity (Wildman–Crippen MR) is 81.0 cm³/mol. The first kappa shape index (κ1) is 16.4. The van der Waals surface area contributed by atoms with Crippen LogP contribution < -0.4 is 16.0 Å². The average Bonchev–Trinajstić information content (AvgIpc) is 2.43. The van der Waals surface area contributed by atoms with E-state index in [0.29, 0.717) is 18.8 Å².